The molecule has 162 valence electrons. The molecule has 31 heavy (non-hydrogen) atoms. The predicted molar refractivity (Wildman–Crippen MR) is 124 cm³/mol. The van der Waals surface area contributed by atoms with E-state index in [0.717, 1.165) is 33.0 Å². The molecule has 3 aromatic rings. The maximum absolute atomic E-state index is 12.7. The quantitative estimate of drug-likeness (QED) is 0.577. The van der Waals surface area contributed by atoms with E-state index in [1.54, 1.807) is 31.4 Å². The van der Waals surface area contributed by atoms with Crippen molar-refractivity contribution in [3.63, 3.8) is 0 Å². The topological polar surface area (TPSA) is 75.7 Å². The summed E-state index contributed by atoms with van der Waals surface area (Å²) in [5.41, 5.74) is 3.88. The molecule has 6 nitrogen and oxygen atoms in total. The molecule has 0 atom stereocenters. The predicted octanol–water partition coefficient (Wildman–Crippen LogP) is 4.00. The average molecular weight is 439 g/mol. The van der Waals surface area contributed by atoms with Crippen LogP contribution in [0.2, 0.25) is 0 Å². The molecule has 0 spiro atoms. The number of methoxy groups -OCH3 is 1. The van der Waals surface area contributed by atoms with E-state index in [0.29, 0.717) is 17.8 Å². The van der Waals surface area contributed by atoms with Crippen LogP contribution in [-0.4, -0.2) is 34.2 Å². The number of anilines is 2. The van der Waals surface area contributed by atoms with E-state index in [9.17, 15) is 13.2 Å². The van der Waals surface area contributed by atoms with Gasteiger partial charge in [-0.1, -0.05) is 48.5 Å². The van der Waals surface area contributed by atoms with Crippen molar-refractivity contribution in [3.05, 3.63) is 89.5 Å². The van der Waals surface area contributed by atoms with Crippen molar-refractivity contribution in [1.29, 1.82) is 0 Å². The van der Waals surface area contributed by atoms with Gasteiger partial charge in [0.05, 0.1) is 19.1 Å². The fourth-order valence-electron chi connectivity index (χ4n) is 3.37. The second-order valence-electron chi connectivity index (χ2n) is 7.29. The molecule has 0 saturated carbocycles. The molecule has 3 aromatic carbocycles. The van der Waals surface area contributed by atoms with Crippen molar-refractivity contribution in [1.82, 2.24) is 0 Å². The second kappa shape index (κ2) is 9.66. The minimum Gasteiger partial charge on any atom is -0.496 e. The Labute approximate surface area is 183 Å². The Hall–Kier alpha value is -3.32. The fourth-order valence-corrected chi connectivity index (χ4v) is 4.28. The van der Waals surface area contributed by atoms with Crippen molar-refractivity contribution < 1.29 is 17.9 Å². The van der Waals surface area contributed by atoms with E-state index in [4.69, 9.17) is 4.74 Å². The number of ether oxygens (including phenoxy) is 1. The van der Waals surface area contributed by atoms with Crippen molar-refractivity contribution in [2.75, 3.05) is 29.5 Å². The highest BCUT2D eigenvalue weighted by Crippen LogP contribution is 2.26. The van der Waals surface area contributed by atoms with Crippen LogP contribution in [0.15, 0.2) is 72.8 Å². The van der Waals surface area contributed by atoms with E-state index in [-0.39, 0.29) is 6.54 Å². The molecule has 0 radical (unpaired) electrons. The van der Waals surface area contributed by atoms with Crippen LogP contribution in [0.1, 0.15) is 16.7 Å². The molecule has 0 aliphatic rings. The maximum Gasteiger partial charge on any atom is 0.245 e. The standard InChI is InChI=1S/C24H26N2O4S/c1-18-9-7-8-12-22(18)26(31(3,28)29)17-24(27)25-21-13-14-23(30-2)20(16-21)15-19-10-5-4-6-11-19/h4-14,16H,15,17H2,1-3H3,(H,25,27). The number of para-hydroxylation sites is 1. The van der Waals surface area contributed by atoms with Gasteiger partial charge in [-0.15, -0.1) is 0 Å². The fraction of sp³-hybridized carbons (Fsp3) is 0.208. The lowest BCUT2D eigenvalue weighted by Crippen LogP contribution is -2.37. The highest BCUT2D eigenvalue weighted by atomic mass is 32.2. The molecular formula is C24H26N2O4S. The van der Waals surface area contributed by atoms with Crippen molar-refractivity contribution in [3.8, 4) is 5.75 Å². The molecule has 0 saturated heterocycles. The Balaban J connectivity index is 1.80. The minimum atomic E-state index is -3.63. The largest absolute Gasteiger partial charge is 0.496 e. The van der Waals surface area contributed by atoms with E-state index >= 15 is 0 Å². The second-order valence-corrected chi connectivity index (χ2v) is 9.20. The molecule has 1 N–H and O–H groups in total. The molecule has 0 aromatic heterocycles. The van der Waals surface area contributed by atoms with Crippen LogP contribution in [0.25, 0.3) is 0 Å². The summed E-state index contributed by atoms with van der Waals surface area (Å²) in [4.78, 5) is 12.7. The first-order valence-electron chi connectivity index (χ1n) is 9.82. The van der Waals surface area contributed by atoms with Gasteiger partial charge < -0.3 is 10.1 Å². The smallest absolute Gasteiger partial charge is 0.245 e. The van der Waals surface area contributed by atoms with Crippen molar-refractivity contribution in [2.45, 2.75) is 13.3 Å². The number of benzene rings is 3. The normalized spacial score (nSPS) is 11.1. The Kier molecular flexibility index (Phi) is 6.97. The molecule has 0 aliphatic heterocycles. The number of amides is 1. The Morgan fingerprint density at radius 1 is 1.00 bits per heavy atom. The Morgan fingerprint density at radius 2 is 1.68 bits per heavy atom. The van der Waals surface area contributed by atoms with Gasteiger partial charge >= 0.3 is 0 Å². The zero-order chi connectivity index (χ0) is 22.4. The molecule has 1 amide bonds. The summed E-state index contributed by atoms with van der Waals surface area (Å²) in [6.07, 6.45) is 1.74. The molecule has 0 bridgehead atoms. The van der Waals surface area contributed by atoms with Crippen LogP contribution >= 0.6 is 0 Å². The highest BCUT2D eigenvalue weighted by Gasteiger charge is 2.22. The van der Waals surface area contributed by atoms with Crippen LogP contribution in [0.5, 0.6) is 5.75 Å². The molecule has 3 rings (SSSR count). The number of aryl methyl sites for hydroxylation is 1. The number of hydrogen-bond acceptors (Lipinski definition) is 4. The highest BCUT2D eigenvalue weighted by molar-refractivity contribution is 7.92. The number of hydrogen-bond donors (Lipinski definition) is 1. The zero-order valence-corrected chi connectivity index (χ0v) is 18.6. The first kappa shape index (κ1) is 22.4. The van der Waals surface area contributed by atoms with Gasteiger partial charge in [-0.3, -0.25) is 9.10 Å². The van der Waals surface area contributed by atoms with Crippen LogP contribution in [-0.2, 0) is 21.2 Å². The van der Waals surface area contributed by atoms with E-state index in [1.807, 2.05) is 55.5 Å². The van der Waals surface area contributed by atoms with E-state index in [2.05, 4.69) is 5.32 Å². The SMILES string of the molecule is COc1ccc(NC(=O)CN(c2ccccc2C)S(C)(=O)=O)cc1Cc1ccccc1. The first-order chi connectivity index (χ1) is 14.8. The lowest BCUT2D eigenvalue weighted by molar-refractivity contribution is -0.114. The summed E-state index contributed by atoms with van der Waals surface area (Å²) in [5.74, 6) is 0.295. The average Bonchev–Trinajstić information content (AvgIpc) is 2.73. The zero-order valence-electron chi connectivity index (χ0n) is 17.8. The monoisotopic (exact) mass is 438 g/mol. The molecular weight excluding hydrogens is 412 g/mol. The third-order valence-electron chi connectivity index (χ3n) is 4.87. The maximum atomic E-state index is 12.7. The molecule has 0 aliphatic carbocycles. The first-order valence-corrected chi connectivity index (χ1v) is 11.7. The molecule has 0 unspecified atom stereocenters. The van der Waals surface area contributed by atoms with Crippen molar-refractivity contribution in [2.24, 2.45) is 0 Å². The summed E-state index contributed by atoms with van der Waals surface area (Å²) in [5, 5.41) is 2.81. The lowest BCUT2D eigenvalue weighted by atomic mass is 10.0. The van der Waals surface area contributed by atoms with E-state index in [1.165, 1.54) is 0 Å². The summed E-state index contributed by atoms with van der Waals surface area (Å²) in [6, 6.07) is 22.4. The third-order valence-corrected chi connectivity index (χ3v) is 6.00. The number of nitrogens with zero attached hydrogens (tertiary/aromatic N) is 1. The number of rotatable bonds is 8. The molecule has 0 fully saturated rings. The number of carbonyl (C=O) groups is 1. The Bertz CT molecular complexity index is 1160. The Morgan fingerprint density at radius 3 is 2.32 bits per heavy atom. The van der Waals surface area contributed by atoms with Crippen LogP contribution in [0, 0.1) is 6.92 Å². The summed E-state index contributed by atoms with van der Waals surface area (Å²) in [7, 11) is -2.03. The number of carbonyl (C=O) groups excluding carboxylic acids is 1. The molecule has 0 heterocycles. The van der Waals surface area contributed by atoms with Gasteiger partial charge in [0, 0.05) is 17.7 Å². The van der Waals surface area contributed by atoms with Gasteiger partial charge in [0.1, 0.15) is 12.3 Å². The van der Waals surface area contributed by atoms with Gasteiger partial charge in [0.25, 0.3) is 0 Å². The number of nitrogens with one attached hydrogen (secondary N) is 1. The van der Waals surface area contributed by atoms with Crippen LogP contribution in [0.4, 0.5) is 11.4 Å². The summed E-state index contributed by atoms with van der Waals surface area (Å²) in [6.45, 7) is 1.49. The number of sulfonamides is 1. The third kappa shape index (κ3) is 5.86. The molecule has 7 heteroatoms. The minimum absolute atomic E-state index is 0.316. The van der Waals surface area contributed by atoms with Crippen molar-refractivity contribution >= 4 is 27.3 Å². The summed E-state index contributed by atoms with van der Waals surface area (Å²) >= 11 is 0. The van der Waals surface area contributed by atoms with Gasteiger partial charge in [-0.25, -0.2) is 8.42 Å². The van der Waals surface area contributed by atoms with Crippen LogP contribution < -0.4 is 14.4 Å². The van der Waals surface area contributed by atoms with Gasteiger partial charge in [0.15, 0.2) is 0 Å². The van der Waals surface area contributed by atoms with Gasteiger partial charge in [-0.2, -0.15) is 0 Å². The summed E-state index contributed by atoms with van der Waals surface area (Å²) < 4.78 is 31.3. The van der Waals surface area contributed by atoms with Crippen LogP contribution in [0.3, 0.4) is 0 Å². The van der Waals surface area contributed by atoms with Gasteiger partial charge in [0.2, 0.25) is 15.9 Å². The van der Waals surface area contributed by atoms with Gasteiger partial charge in [-0.05, 0) is 42.3 Å². The van der Waals surface area contributed by atoms with E-state index < -0.39 is 15.9 Å². The lowest BCUT2D eigenvalue weighted by Gasteiger charge is -2.23.